The van der Waals surface area contributed by atoms with E-state index in [9.17, 15) is 14.7 Å². The molecule has 2 heterocycles. The maximum absolute atomic E-state index is 13.0. The highest BCUT2D eigenvalue weighted by Crippen LogP contribution is 2.79. The van der Waals surface area contributed by atoms with Gasteiger partial charge in [0.25, 0.3) is 0 Å². The largest absolute Gasteiger partial charge is 0.469 e. The standard InChI is InChI=1S/C25H35NO5/c1-14-11-26-12-17-6-4-16-5-7-18-19(22(28)30-3)10-24(21(16)18)23(17,13-31-15(2)27)9-8-20(14)25(24,26)29/h14,17-20,29H,4-13H2,1-3H3/t14-,17+,18-,19-,20+,23-,24?,25-/m1/s1. The molecule has 0 aromatic heterocycles. The van der Waals surface area contributed by atoms with Crippen LogP contribution >= 0.6 is 0 Å². The zero-order valence-electron chi connectivity index (χ0n) is 19.0. The number of hydrogen-bond acceptors (Lipinski definition) is 6. The molecule has 2 saturated carbocycles. The molecule has 4 fully saturated rings. The molecule has 2 aliphatic heterocycles. The van der Waals surface area contributed by atoms with Crippen molar-refractivity contribution in [1.29, 1.82) is 0 Å². The van der Waals surface area contributed by atoms with Crippen LogP contribution in [0.1, 0.15) is 58.8 Å². The Labute approximate surface area is 184 Å². The first kappa shape index (κ1) is 20.2. The summed E-state index contributed by atoms with van der Waals surface area (Å²) in [6.45, 7) is 5.91. The molecule has 31 heavy (non-hydrogen) atoms. The van der Waals surface area contributed by atoms with Gasteiger partial charge in [-0.1, -0.05) is 18.1 Å². The smallest absolute Gasteiger partial charge is 0.309 e. The summed E-state index contributed by atoms with van der Waals surface area (Å²) >= 11 is 0. The molecule has 1 unspecified atom stereocenters. The zero-order chi connectivity index (χ0) is 21.8. The predicted octanol–water partition coefficient (Wildman–Crippen LogP) is 2.90. The molecule has 0 radical (unpaired) electrons. The van der Waals surface area contributed by atoms with Gasteiger partial charge in [0, 0.05) is 36.8 Å². The van der Waals surface area contributed by atoms with Crippen LogP contribution in [0.2, 0.25) is 0 Å². The summed E-state index contributed by atoms with van der Waals surface area (Å²) in [6, 6.07) is 0. The monoisotopic (exact) mass is 429 g/mol. The summed E-state index contributed by atoms with van der Waals surface area (Å²) in [4.78, 5) is 27.4. The number of esters is 2. The lowest BCUT2D eigenvalue weighted by Crippen LogP contribution is -2.76. The van der Waals surface area contributed by atoms with E-state index in [1.165, 1.54) is 25.2 Å². The van der Waals surface area contributed by atoms with Crippen LogP contribution in [0.25, 0.3) is 0 Å². The second kappa shape index (κ2) is 6.34. The third-order valence-corrected chi connectivity index (χ3v) is 10.6. The maximum atomic E-state index is 13.0. The lowest BCUT2D eigenvalue weighted by molar-refractivity contribution is -0.306. The number of hydrogen-bond donors (Lipinski definition) is 1. The normalized spacial score (nSPS) is 49.6. The Hall–Kier alpha value is -1.40. The van der Waals surface area contributed by atoms with Crippen LogP contribution in [0, 0.1) is 40.4 Å². The zero-order valence-corrected chi connectivity index (χ0v) is 19.0. The number of carbonyl (C=O) groups is 2. The van der Waals surface area contributed by atoms with E-state index in [0.29, 0.717) is 24.9 Å². The van der Waals surface area contributed by atoms with Crippen molar-refractivity contribution < 1.29 is 24.2 Å². The fraction of sp³-hybridized carbons (Fsp3) is 0.840. The summed E-state index contributed by atoms with van der Waals surface area (Å²) in [7, 11) is 1.49. The molecular weight excluding hydrogens is 394 g/mol. The van der Waals surface area contributed by atoms with Gasteiger partial charge in [-0.25, -0.2) is 0 Å². The topological polar surface area (TPSA) is 76.1 Å². The van der Waals surface area contributed by atoms with Gasteiger partial charge < -0.3 is 14.6 Å². The molecule has 6 aliphatic rings. The van der Waals surface area contributed by atoms with Crippen molar-refractivity contribution in [2.75, 3.05) is 26.8 Å². The summed E-state index contributed by atoms with van der Waals surface area (Å²) in [5.41, 5.74) is 1.09. The van der Waals surface area contributed by atoms with Crippen LogP contribution in [-0.4, -0.2) is 54.5 Å². The minimum Gasteiger partial charge on any atom is -0.469 e. The molecule has 2 saturated heterocycles. The van der Waals surface area contributed by atoms with Crippen LogP contribution in [0.4, 0.5) is 0 Å². The number of aliphatic hydroxyl groups is 1. The summed E-state index contributed by atoms with van der Waals surface area (Å²) in [5.74, 6) is 0.557. The Bertz CT molecular complexity index is 883. The van der Waals surface area contributed by atoms with Gasteiger partial charge in [0.2, 0.25) is 0 Å². The second-order valence-corrected chi connectivity index (χ2v) is 11.3. The van der Waals surface area contributed by atoms with Crippen LogP contribution in [0.3, 0.4) is 0 Å². The van der Waals surface area contributed by atoms with E-state index < -0.39 is 11.1 Å². The Morgan fingerprint density at radius 3 is 2.71 bits per heavy atom. The highest BCUT2D eigenvalue weighted by molar-refractivity contribution is 5.75. The number of allylic oxidation sites excluding steroid dienone is 1. The molecular formula is C25H35NO5. The minimum atomic E-state index is -0.961. The van der Waals surface area contributed by atoms with E-state index >= 15 is 0 Å². The molecule has 6 rings (SSSR count). The highest BCUT2D eigenvalue weighted by Gasteiger charge is 2.81. The summed E-state index contributed by atoms with van der Waals surface area (Å²) < 4.78 is 11.1. The van der Waals surface area contributed by atoms with Crippen LogP contribution < -0.4 is 0 Å². The first-order valence-corrected chi connectivity index (χ1v) is 12.2. The Morgan fingerprint density at radius 2 is 1.97 bits per heavy atom. The minimum absolute atomic E-state index is 0.136. The van der Waals surface area contributed by atoms with Crippen LogP contribution in [0.5, 0.6) is 0 Å². The molecule has 6 heteroatoms. The van der Waals surface area contributed by atoms with Crippen molar-refractivity contribution in [3.63, 3.8) is 0 Å². The first-order chi connectivity index (χ1) is 14.8. The third kappa shape index (κ3) is 2.12. The van der Waals surface area contributed by atoms with Crippen LogP contribution in [-0.2, 0) is 19.1 Å². The number of rotatable bonds is 3. The van der Waals surface area contributed by atoms with Gasteiger partial charge in [0.15, 0.2) is 0 Å². The van der Waals surface area contributed by atoms with Gasteiger partial charge in [-0.05, 0) is 62.7 Å². The van der Waals surface area contributed by atoms with E-state index in [1.807, 2.05) is 0 Å². The van der Waals surface area contributed by atoms with Crippen LogP contribution in [0.15, 0.2) is 11.1 Å². The molecule has 0 aromatic carbocycles. The molecule has 4 aliphatic carbocycles. The fourth-order valence-corrected chi connectivity index (χ4v) is 9.73. The molecule has 8 atom stereocenters. The van der Waals surface area contributed by atoms with Crippen molar-refractivity contribution in [1.82, 2.24) is 4.90 Å². The third-order valence-electron chi connectivity index (χ3n) is 10.6. The van der Waals surface area contributed by atoms with Gasteiger partial charge in [-0.3, -0.25) is 14.5 Å². The van der Waals surface area contributed by atoms with Gasteiger partial charge >= 0.3 is 11.9 Å². The average Bonchev–Trinajstić information content (AvgIpc) is 3.36. The molecule has 170 valence electrons. The number of methoxy groups -OCH3 is 1. The highest BCUT2D eigenvalue weighted by atomic mass is 16.5. The van der Waals surface area contributed by atoms with Gasteiger partial charge in [0.1, 0.15) is 5.72 Å². The predicted molar refractivity (Wildman–Crippen MR) is 113 cm³/mol. The number of piperidine rings is 1. The number of nitrogens with zero attached hydrogens (tertiary/aromatic N) is 1. The van der Waals surface area contributed by atoms with Crippen molar-refractivity contribution in [2.45, 2.75) is 64.5 Å². The molecule has 1 spiro atoms. The van der Waals surface area contributed by atoms with E-state index in [-0.39, 0.29) is 35.1 Å². The quantitative estimate of drug-likeness (QED) is 0.549. The van der Waals surface area contributed by atoms with Crippen molar-refractivity contribution in [3.05, 3.63) is 11.1 Å². The second-order valence-electron chi connectivity index (χ2n) is 11.3. The Balaban J connectivity index is 1.62. The van der Waals surface area contributed by atoms with E-state index in [0.717, 1.165) is 51.6 Å². The lowest BCUT2D eigenvalue weighted by atomic mass is 9.42. The number of ether oxygens (including phenoxy) is 2. The van der Waals surface area contributed by atoms with Crippen molar-refractivity contribution in [3.8, 4) is 0 Å². The van der Waals surface area contributed by atoms with Crippen molar-refractivity contribution >= 4 is 11.9 Å². The summed E-state index contributed by atoms with van der Waals surface area (Å²) in [5, 5.41) is 12.8. The molecule has 0 amide bonds. The molecule has 6 nitrogen and oxygen atoms in total. The van der Waals surface area contributed by atoms with E-state index in [1.54, 1.807) is 0 Å². The SMILES string of the molecule is COC(=O)[C@@H]1CC23C4=C(CC[C@H]5CN6C[C@@H](C)[C@H](CC[C@@]52COC(C)=O)[C@]63O)CC[C@@H]41. The summed E-state index contributed by atoms with van der Waals surface area (Å²) in [6.07, 6.45) is 6.72. The van der Waals surface area contributed by atoms with Gasteiger partial charge in [0.05, 0.1) is 19.6 Å². The van der Waals surface area contributed by atoms with Gasteiger partial charge in [-0.2, -0.15) is 0 Å². The van der Waals surface area contributed by atoms with Crippen molar-refractivity contribution in [2.24, 2.45) is 40.4 Å². The Morgan fingerprint density at radius 1 is 1.19 bits per heavy atom. The number of carbonyl (C=O) groups excluding carboxylic acids is 2. The van der Waals surface area contributed by atoms with E-state index in [2.05, 4.69) is 11.8 Å². The van der Waals surface area contributed by atoms with Gasteiger partial charge in [-0.15, -0.1) is 0 Å². The molecule has 1 N–H and O–H groups in total. The maximum Gasteiger partial charge on any atom is 0.309 e. The molecule has 4 bridgehead atoms. The Kier molecular flexibility index (Phi) is 4.14. The van der Waals surface area contributed by atoms with E-state index in [4.69, 9.17) is 9.47 Å². The molecule has 0 aromatic rings. The lowest BCUT2D eigenvalue weighted by Gasteiger charge is -2.69. The fourth-order valence-electron chi connectivity index (χ4n) is 9.73. The first-order valence-electron chi connectivity index (χ1n) is 12.2. The average molecular weight is 430 g/mol.